The maximum absolute atomic E-state index is 13.1. The van der Waals surface area contributed by atoms with Gasteiger partial charge in [0.25, 0.3) is 15.9 Å². The summed E-state index contributed by atoms with van der Waals surface area (Å²) in [6.07, 6.45) is 3.70. The number of nitrogens with two attached hydrogens (primary N) is 1. The van der Waals surface area contributed by atoms with E-state index in [1.165, 1.54) is 15.3 Å². The van der Waals surface area contributed by atoms with Crippen molar-refractivity contribution in [1.29, 1.82) is 0 Å². The second-order valence-corrected chi connectivity index (χ2v) is 10.9. The van der Waals surface area contributed by atoms with Gasteiger partial charge in [0.2, 0.25) is 5.91 Å². The van der Waals surface area contributed by atoms with Crippen LogP contribution in [0.25, 0.3) is 0 Å². The molecule has 1 aliphatic heterocycles. The quantitative estimate of drug-likeness (QED) is 0.720. The molecular formula is C18H26N4O4S2. The number of thiophene rings is 1. The molecule has 8 nitrogen and oxygen atoms in total. The van der Waals surface area contributed by atoms with Gasteiger partial charge in [0.05, 0.1) is 0 Å². The van der Waals surface area contributed by atoms with Gasteiger partial charge in [-0.2, -0.15) is 4.31 Å². The van der Waals surface area contributed by atoms with Gasteiger partial charge in [0, 0.05) is 31.1 Å². The van der Waals surface area contributed by atoms with E-state index in [0.29, 0.717) is 0 Å². The Kier molecular flexibility index (Phi) is 5.47. The first kappa shape index (κ1) is 19.8. The molecule has 1 saturated heterocycles. The van der Waals surface area contributed by atoms with Crippen molar-refractivity contribution in [3.05, 3.63) is 17.5 Å². The van der Waals surface area contributed by atoms with E-state index < -0.39 is 22.1 Å². The van der Waals surface area contributed by atoms with Gasteiger partial charge in [-0.05, 0) is 50.0 Å². The van der Waals surface area contributed by atoms with E-state index in [0.717, 1.165) is 49.9 Å². The second kappa shape index (κ2) is 7.74. The molecule has 154 valence electrons. The predicted octanol–water partition coefficient (Wildman–Crippen LogP) is 0.703. The SMILES string of the molecule is NC1CCC(NC(=O)C2N(C(=O)C3CC3)CCN2S(=O)(=O)c2cccs2)CC1. The van der Waals surface area contributed by atoms with E-state index in [1.807, 2.05) is 0 Å². The molecule has 2 heterocycles. The van der Waals surface area contributed by atoms with Gasteiger partial charge in [-0.1, -0.05) is 6.07 Å². The number of carbonyl (C=O) groups excluding carboxylic acids is 2. The van der Waals surface area contributed by atoms with Crippen LogP contribution in [0.1, 0.15) is 38.5 Å². The highest BCUT2D eigenvalue weighted by Crippen LogP contribution is 2.35. The molecule has 0 aromatic carbocycles. The van der Waals surface area contributed by atoms with Crippen molar-refractivity contribution in [2.24, 2.45) is 11.7 Å². The molecule has 0 bridgehead atoms. The molecule has 1 aromatic rings. The molecule has 3 aliphatic rings. The van der Waals surface area contributed by atoms with E-state index >= 15 is 0 Å². The number of sulfonamides is 1. The Morgan fingerprint density at radius 3 is 2.43 bits per heavy atom. The van der Waals surface area contributed by atoms with Crippen molar-refractivity contribution < 1.29 is 18.0 Å². The molecule has 28 heavy (non-hydrogen) atoms. The number of hydrogen-bond donors (Lipinski definition) is 2. The zero-order valence-corrected chi connectivity index (χ0v) is 17.3. The maximum atomic E-state index is 13.1. The van der Waals surface area contributed by atoms with Crippen LogP contribution in [0.3, 0.4) is 0 Å². The lowest BCUT2D eigenvalue weighted by atomic mass is 9.92. The molecular weight excluding hydrogens is 400 g/mol. The Balaban J connectivity index is 1.57. The number of rotatable bonds is 5. The van der Waals surface area contributed by atoms with Crippen LogP contribution < -0.4 is 11.1 Å². The van der Waals surface area contributed by atoms with Crippen LogP contribution in [0.4, 0.5) is 0 Å². The molecule has 1 aromatic heterocycles. The number of nitrogens with one attached hydrogen (secondary N) is 1. The monoisotopic (exact) mass is 426 g/mol. The fourth-order valence-corrected chi connectivity index (χ4v) is 6.66. The van der Waals surface area contributed by atoms with Crippen molar-refractivity contribution in [2.45, 2.75) is 61.0 Å². The Morgan fingerprint density at radius 1 is 1.11 bits per heavy atom. The number of amides is 2. The summed E-state index contributed by atoms with van der Waals surface area (Å²) in [6, 6.07) is 3.32. The second-order valence-electron chi connectivity index (χ2n) is 7.85. The first-order valence-electron chi connectivity index (χ1n) is 9.79. The lowest BCUT2D eigenvalue weighted by molar-refractivity contribution is -0.142. The van der Waals surface area contributed by atoms with Crippen molar-refractivity contribution >= 4 is 33.2 Å². The highest BCUT2D eigenvalue weighted by molar-refractivity contribution is 7.91. The average molecular weight is 427 g/mol. The van der Waals surface area contributed by atoms with Crippen LogP contribution in [-0.4, -0.2) is 60.8 Å². The van der Waals surface area contributed by atoms with Crippen LogP contribution >= 0.6 is 11.3 Å². The summed E-state index contributed by atoms with van der Waals surface area (Å²) >= 11 is 1.12. The standard InChI is InChI=1S/C18H26N4O4S2/c19-13-5-7-14(8-6-13)20-16(23)17-21(18(24)12-3-4-12)9-10-22(17)28(25,26)15-2-1-11-27-15/h1-2,11-14,17H,3-10,19H2,(H,20,23). The fraction of sp³-hybridized carbons (Fsp3) is 0.667. The van der Waals surface area contributed by atoms with Crippen LogP contribution in [0, 0.1) is 5.92 Å². The minimum absolute atomic E-state index is 0.0305. The van der Waals surface area contributed by atoms with Gasteiger partial charge >= 0.3 is 0 Å². The Hall–Kier alpha value is -1.49. The Bertz CT molecular complexity index is 830. The largest absolute Gasteiger partial charge is 0.350 e. The van der Waals surface area contributed by atoms with E-state index in [2.05, 4.69) is 5.32 Å². The third kappa shape index (κ3) is 3.83. The predicted molar refractivity (Wildman–Crippen MR) is 105 cm³/mol. The Morgan fingerprint density at radius 2 is 1.82 bits per heavy atom. The zero-order chi connectivity index (χ0) is 19.9. The van der Waals surface area contributed by atoms with Gasteiger partial charge in [-0.3, -0.25) is 9.59 Å². The minimum atomic E-state index is -3.83. The van der Waals surface area contributed by atoms with Gasteiger partial charge in [0.15, 0.2) is 6.17 Å². The third-order valence-electron chi connectivity index (χ3n) is 5.75. The summed E-state index contributed by atoms with van der Waals surface area (Å²) in [7, 11) is -3.83. The molecule has 2 saturated carbocycles. The van der Waals surface area contributed by atoms with Crippen molar-refractivity contribution in [1.82, 2.24) is 14.5 Å². The molecule has 3 N–H and O–H groups in total. The lowest BCUT2D eigenvalue weighted by Gasteiger charge is -2.32. The minimum Gasteiger partial charge on any atom is -0.350 e. The number of nitrogens with zero attached hydrogens (tertiary/aromatic N) is 2. The topological polar surface area (TPSA) is 113 Å². The number of carbonyl (C=O) groups is 2. The van der Waals surface area contributed by atoms with Gasteiger partial charge in [-0.25, -0.2) is 8.42 Å². The van der Waals surface area contributed by atoms with E-state index in [9.17, 15) is 18.0 Å². The summed E-state index contributed by atoms with van der Waals surface area (Å²) < 4.78 is 27.6. The van der Waals surface area contributed by atoms with Crippen LogP contribution in [0.15, 0.2) is 21.7 Å². The fourth-order valence-electron chi connectivity index (χ4n) is 3.99. The molecule has 10 heteroatoms. The normalized spacial score (nSPS) is 29.0. The van der Waals surface area contributed by atoms with Gasteiger partial charge in [0.1, 0.15) is 4.21 Å². The molecule has 0 spiro atoms. The summed E-state index contributed by atoms with van der Waals surface area (Å²) in [5.41, 5.74) is 5.93. The third-order valence-corrected chi connectivity index (χ3v) is 8.98. The smallest absolute Gasteiger partial charge is 0.259 e. The van der Waals surface area contributed by atoms with E-state index in [-0.39, 0.29) is 41.2 Å². The van der Waals surface area contributed by atoms with Crippen molar-refractivity contribution in [2.75, 3.05) is 13.1 Å². The highest BCUT2D eigenvalue weighted by atomic mass is 32.2. The summed E-state index contributed by atoms with van der Waals surface area (Å²) in [6.45, 7) is 0.375. The first-order chi connectivity index (χ1) is 13.4. The summed E-state index contributed by atoms with van der Waals surface area (Å²) in [5, 5.41) is 4.67. The van der Waals surface area contributed by atoms with E-state index in [1.54, 1.807) is 11.4 Å². The van der Waals surface area contributed by atoms with Gasteiger partial charge in [-0.15, -0.1) is 11.3 Å². The Labute approximate surface area is 169 Å². The molecule has 1 unspecified atom stereocenters. The number of hydrogen-bond acceptors (Lipinski definition) is 6. The molecule has 3 fully saturated rings. The maximum Gasteiger partial charge on any atom is 0.259 e. The lowest BCUT2D eigenvalue weighted by Crippen LogP contribution is -2.56. The zero-order valence-electron chi connectivity index (χ0n) is 15.6. The van der Waals surface area contributed by atoms with Gasteiger partial charge < -0.3 is 16.0 Å². The molecule has 1 atom stereocenters. The highest BCUT2D eigenvalue weighted by Gasteiger charge is 2.49. The first-order valence-corrected chi connectivity index (χ1v) is 12.1. The van der Waals surface area contributed by atoms with E-state index in [4.69, 9.17) is 5.73 Å². The molecule has 2 aliphatic carbocycles. The molecule has 4 rings (SSSR count). The summed E-state index contributed by atoms with van der Waals surface area (Å²) in [4.78, 5) is 27.3. The van der Waals surface area contributed by atoms with Crippen LogP contribution in [0.5, 0.6) is 0 Å². The summed E-state index contributed by atoms with van der Waals surface area (Å²) in [5.74, 6) is -0.603. The molecule has 0 radical (unpaired) electrons. The van der Waals surface area contributed by atoms with Crippen molar-refractivity contribution in [3.63, 3.8) is 0 Å². The molecule has 2 amide bonds. The van der Waals surface area contributed by atoms with Crippen molar-refractivity contribution in [3.8, 4) is 0 Å². The van der Waals surface area contributed by atoms with Crippen LogP contribution in [0.2, 0.25) is 0 Å². The van der Waals surface area contributed by atoms with Crippen LogP contribution in [-0.2, 0) is 19.6 Å². The average Bonchev–Trinajstić information content (AvgIpc) is 3.18.